The zero-order chi connectivity index (χ0) is 11.1. The SMILES string of the molecule is COCCCNC(C)c1nccnc1C. The Balaban J connectivity index is 2.40. The molecule has 4 nitrogen and oxygen atoms in total. The number of aromatic nitrogens is 2. The van der Waals surface area contributed by atoms with Crippen molar-refractivity contribution in [3.05, 3.63) is 23.8 Å². The molecular weight excluding hydrogens is 190 g/mol. The van der Waals surface area contributed by atoms with Gasteiger partial charge in [-0.25, -0.2) is 0 Å². The summed E-state index contributed by atoms with van der Waals surface area (Å²) in [5.74, 6) is 0. The van der Waals surface area contributed by atoms with Crippen LogP contribution in [0, 0.1) is 6.92 Å². The van der Waals surface area contributed by atoms with Crippen molar-refractivity contribution in [2.24, 2.45) is 0 Å². The minimum atomic E-state index is 0.246. The van der Waals surface area contributed by atoms with Gasteiger partial charge in [-0.05, 0) is 26.8 Å². The molecule has 0 saturated carbocycles. The number of hydrogen-bond acceptors (Lipinski definition) is 4. The van der Waals surface area contributed by atoms with E-state index < -0.39 is 0 Å². The molecule has 0 bridgehead atoms. The molecule has 0 aliphatic rings. The maximum absolute atomic E-state index is 4.99. The third-order valence-electron chi connectivity index (χ3n) is 2.31. The molecule has 1 aromatic heterocycles. The molecule has 0 spiro atoms. The van der Waals surface area contributed by atoms with Crippen LogP contribution in [0.4, 0.5) is 0 Å². The van der Waals surface area contributed by atoms with Crippen molar-refractivity contribution in [3.8, 4) is 0 Å². The van der Waals surface area contributed by atoms with Gasteiger partial charge in [0, 0.05) is 32.2 Å². The summed E-state index contributed by atoms with van der Waals surface area (Å²) in [6, 6.07) is 0.246. The van der Waals surface area contributed by atoms with Crippen LogP contribution in [-0.2, 0) is 4.74 Å². The Morgan fingerprint density at radius 3 is 2.80 bits per heavy atom. The minimum Gasteiger partial charge on any atom is -0.385 e. The highest BCUT2D eigenvalue weighted by atomic mass is 16.5. The lowest BCUT2D eigenvalue weighted by Crippen LogP contribution is -2.22. The third-order valence-corrected chi connectivity index (χ3v) is 2.31. The van der Waals surface area contributed by atoms with Crippen LogP contribution in [0.1, 0.15) is 30.8 Å². The largest absolute Gasteiger partial charge is 0.385 e. The fourth-order valence-corrected chi connectivity index (χ4v) is 1.48. The molecular formula is C11H19N3O. The van der Waals surface area contributed by atoms with Crippen LogP contribution in [0.3, 0.4) is 0 Å². The second-order valence-corrected chi connectivity index (χ2v) is 3.55. The average Bonchev–Trinajstić information content (AvgIpc) is 2.25. The Morgan fingerprint density at radius 2 is 2.13 bits per heavy atom. The first-order chi connectivity index (χ1) is 7.25. The second-order valence-electron chi connectivity index (χ2n) is 3.55. The Labute approximate surface area is 91.1 Å². The molecule has 4 heteroatoms. The number of rotatable bonds is 6. The van der Waals surface area contributed by atoms with E-state index in [2.05, 4.69) is 22.2 Å². The van der Waals surface area contributed by atoms with Crippen molar-refractivity contribution in [3.63, 3.8) is 0 Å². The van der Waals surface area contributed by atoms with E-state index in [1.54, 1.807) is 19.5 Å². The zero-order valence-electron chi connectivity index (χ0n) is 9.66. The maximum Gasteiger partial charge on any atom is 0.0782 e. The molecule has 15 heavy (non-hydrogen) atoms. The van der Waals surface area contributed by atoms with Gasteiger partial charge in [-0.15, -0.1) is 0 Å². The standard InChI is InChI=1S/C11H19N3O/c1-9(12-5-4-8-15-3)11-10(2)13-6-7-14-11/h6-7,9,12H,4-5,8H2,1-3H3. The van der Waals surface area contributed by atoms with Crippen LogP contribution in [0.15, 0.2) is 12.4 Å². The van der Waals surface area contributed by atoms with E-state index in [1.807, 2.05) is 6.92 Å². The highest BCUT2D eigenvalue weighted by Gasteiger charge is 2.08. The van der Waals surface area contributed by atoms with Gasteiger partial charge in [-0.3, -0.25) is 9.97 Å². The summed E-state index contributed by atoms with van der Waals surface area (Å²) in [6.45, 7) is 5.81. The van der Waals surface area contributed by atoms with Crippen LogP contribution in [0.5, 0.6) is 0 Å². The first kappa shape index (κ1) is 12.1. The Kier molecular flexibility index (Phi) is 5.21. The Morgan fingerprint density at radius 1 is 1.40 bits per heavy atom. The summed E-state index contributed by atoms with van der Waals surface area (Å²) in [6.07, 6.45) is 4.46. The van der Waals surface area contributed by atoms with E-state index in [9.17, 15) is 0 Å². The lowest BCUT2D eigenvalue weighted by atomic mass is 10.2. The number of methoxy groups -OCH3 is 1. The molecule has 0 amide bonds. The van der Waals surface area contributed by atoms with E-state index in [-0.39, 0.29) is 6.04 Å². The lowest BCUT2D eigenvalue weighted by molar-refractivity contribution is 0.193. The first-order valence-electron chi connectivity index (χ1n) is 5.25. The van der Waals surface area contributed by atoms with Crippen LogP contribution in [0.2, 0.25) is 0 Å². The van der Waals surface area contributed by atoms with Gasteiger partial charge < -0.3 is 10.1 Å². The second kappa shape index (κ2) is 6.48. The molecule has 0 aromatic carbocycles. The molecule has 1 rings (SSSR count). The van der Waals surface area contributed by atoms with E-state index in [0.29, 0.717) is 0 Å². The summed E-state index contributed by atoms with van der Waals surface area (Å²) in [7, 11) is 1.72. The molecule has 1 aromatic rings. The molecule has 1 heterocycles. The number of aryl methyl sites for hydroxylation is 1. The Bertz CT molecular complexity index is 291. The van der Waals surface area contributed by atoms with E-state index >= 15 is 0 Å². The minimum absolute atomic E-state index is 0.246. The molecule has 0 saturated heterocycles. The average molecular weight is 209 g/mol. The molecule has 0 aliphatic heterocycles. The van der Waals surface area contributed by atoms with E-state index in [4.69, 9.17) is 4.74 Å². The van der Waals surface area contributed by atoms with Crippen molar-refractivity contribution in [2.45, 2.75) is 26.3 Å². The topological polar surface area (TPSA) is 47.0 Å². The normalized spacial score (nSPS) is 12.7. The van der Waals surface area contributed by atoms with Gasteiger partial charge in [-0.2, -0.15) is 0 Å². The number of ether oxygens (including phenoxy) is 1. The molecule has 1 atom stereocenters. The quantitative estimate of drug-likeness (QED) is 0.721. The fourth-order valence-electron chi connectivity index (χ4n) is 1.48. The van der Waals surface area contributed by atoms with Crippen LogP contribution >= 0.6 is 0 Å². The molecule has 0 aliphatic carbocycles. The predicted molar refractivity (Wildman–Crippen MR) is 59.7 cm³/mol. The summed E-state index contributed by atoms with van der Waals surface area (Å²) in [4.78, 5) is 8.54. The number of nitrogens with zero attached hydrogens (tertiary/aromatic N) is 2. The lowest BCUT2D eigenvalue weighted by Gasteiger charge is -2.14. The summed E-state index contributed by atoms with van der Waals surface area (Å²) < 4.78 is 4.99. The highest BCUT2D eigenvalue weighted by Crippen LogP contribution is 2.10. The molecule has 0 fully saturated rings. The van der Waals surface area contributed by atoms with Crippen LogP contribution < -0.4 is 5.32 Å². The van der Waals surface area contributed by atoms with Crippen LogP contribution in [0.25, 0.3) is 0 Å². The van der Waals surface area contributed by atoms with E-state index in [1.165, 1.54) is 0 Å². The van der Waals surface area contributed by atoms with Crippen LogP contribution in [-0.4, -0.2) is 30.2 Å². The molecule has 0 radical (unpaired) electrons. The highest BCUT2D eigenvalue weighted by molar-refractivity contribution is 5.12. The van der Waals surface area contributed by atoms with Gasteiger partial charge in [0.15, 0.2) is 0 Å². The maximum atomic E-state index is 4.99. The van der Waals surface area contributed by atoms with Gasteiger partial charge in [0.25, 0.3) is 0 Å². The van der Waals surface area contributed by atoms with Crippen molar-refractivity contribution in [2.75, 3.05) is 20.3 Å². The third kappa shape index (κ3) is 3.93. The van der Waals surface area contributed by atoms with Crippen molar-refractivity contribution < 1.29 is 4.74 Å². The van der Waals surface area contributed by atoms with Crippen molar-refractivity contribution in [1.29, 1.82) is 0 Å². The smallest absolute Gasteiger partial charge is 0.0782 e. The molecule has 1 N–H and O–H groups in total. The number of nitrogens with one attached hydrogen (secondary N) is 1. The zero-order valence-corrected chi connectivity index (χ0v) is 9.66. The fraction of sp³-hybridized carbons (Fsp3) is 0.636. The van der Waals surface area contributed by atoms with Gasteiger partial charge >= 0.3 is 0 Å². The summed E-state index contributed by atoms with van der Waals surface area (Å²) in [5.41, 5.74) is 2.01. The number of hydrogen-bond donors (Lipinski definition) is 1. The van der Waals surface area contributed by atoms with Crippen molar-refractivity contribution in [1.82, 2.24) is 15.3 Å². The van der Waals surface area contributed by atoms with Gasteiger partial charge in [-0.1, -0.05) is 0 Å². The van der Waals surface area contributed by atoms with Gasteiger partial charge in [0.05, 0.1) is 11.4 Å². The predicted octanol–water partition coefficient (Wildman–Crippen LogP) is 1.47. The van der Waals surface area contributed by atoms with Gasteiger partial charge in [0.2, 0.25) is 0 Å². The van der Waals surface area contributed by atoms with Gasteiger partial charge in [0.1, 0.15) is 0 Å². The summed E-state index contributed by atoms with van der Waals surface area (Å²) >= 11 is 0. The Hall–Kier alpha value is -1.00. The molecule has 84 valence electrons. The molecule has 1 unspecified atom stereocenters. The summed E-state index contributed by atoms with van der Waals surface area (Å²) in [5, 5.41) is 3.39. The monoisotopic (exact) mass is 209 g/mol. The van der Waals surface area contributed by atoms with Crippen molar-refractivity contribution >= 4 is 0 Å². The van der Waals surface area contributed by atoms with E-state index in [0.717, 1.165) is 31.0 Å². The first-order valence-corrected chi connectivity index (χ1v) is 5.25.